The Kier molecular flexibility index (Phi) is 38.8. The Morgan fingerprint density at radius 2 is 1.05 bits per heavy atom. The Balaban J connectivity index is 4.53. The summed E-state index contributed by atoms with van der Waals surface area (Å²) in [5, 5.41) is 9.74. The largest absolute Gasteiger partial charge is 0.472 e. The molecule has 61 heavy (non-hydrogen) atoms. The number of rotatable bonds is 40. The average Bonchev–Trinajstić information content (AvgIpc) is 3.20. The highest BCUT2D eigenvalue weighted by atomic mass is 31.2. The third-order valence-electron chi connectivity index (χ3n) is 9.14. The number of carbonyl (C=O) groups excluding carboxylic acids is 2. The molecule has 0 aliphatic rings. The van der Waals surface area contributed by atoms with Gasteiger partial charge in [-0.25, -0.2) is 4.57 Å². The molecule has 0 amide bonds. The van der Waals surface area contributed by atoms with Crippen LogP contribution in [-0.4, -0.2) is 86.1 Å². The quantitative estimate of drug-likeness (QED) is 0.0203. The van der Waals surface area contributed by atoms with Crippen molar-refractivity contribution >= 4 is 19.8 Å². The highest BCUT2D eigenvalue weighted by Gasteiger charge is 2.27. The number of carbonyl (C=O) groups is 2. The maximum absolute atomic E-state index is 12.7. The van der Waals surface area contributed by atoms with E-state index >= 15 is 0 Å². The SMILES string of the molecule is CCCCC/C=C\C/C=C\C/C=C\C/C=C\CCCCCC(=O)O[C@H](COC(=O)CCC/C=C\C/C=C\C/C=C\C/C=C\CC(O)CCC)COP(=O)(O)OCC[N+](C)(C)C. The molecule has 0 aliphatic carbocycles. The van der Waals surface area contributed by atoms with E-state index < -0.39 is 32.5 Å². The van der Waals surface area contributed by atoms with Gasteiger partial charge in [-0.1, -0.05) is 137 Å². The molecule has 0 aromatic carbocycles. The molecule has 0 aromatic heterocycles. The van der Waals surface area contributed by atoms with Crippen LogP contribution >= 0.6 is 7.82 Å². The van der Waals surface area contributed by atoms with Gasteiger partial charge in [-0.05, 0) is 96.3 Å². The van der Waals surface area contributed by atoms with Crippen LogP contribution in [0.1, 0.15) is 149 Å². The molecule has 0 radical (unpaired) electrons. The van der Waals surface area contributed by atoms with E-state index in [0.717, 1.165) is 70.6 Å². The standard InChI is InChI=1S/C50H84NO9P/c1-6-8-9-10-11-12-13-14-15-16-17-18-19-22-26-29-32-35-38-42-50(54)60-48(46-59-61(55,56)58-44-43-51(3,4)5)45-57-49(53)41-37-34-31-28-25-23-20-21-24-27-30-33-36-40-47(52)39-7-2/h11-12,14-15,17-18,20,22-24,26-28,31,33,36,47-48,52H,6-10,13,16,19,21,25,29-30,32,34-35,37-46H2,1-5H3/p+1/b12-11-,15-14-,18-17-,23-20-,26-22-,27-24-,31-28-,36-33-/t47?,48-/m1/s1. The summed E-state index contributed by atoms with van der Waals surface area (Å²) in [4.78, 5) is 35.4. The van der Waals surface area contributed by atoms with Gasteiger partial charge in [0.25, 0.3) is 0 Å². The van der Waals surface area contributed by atoms with Gasteiger partial charge in [0.05, 0.1) is 33.9 Å². The molecule has 0 saturated carbocycles. The molecule has 0 saturated heterocycles. The Labute approximate surface area is 371 Å². The number of quaternary nitrogens is 1. The monoisotopic (exact) mass is 875 g/mol. The number of phosphoric acid groups is 1. The second kappa shape index (κ2) is 40.9. The lowest BCUT2D eigenvalue weighted by Gasteiger charge is -2.24. The second-order valence-electron chi connectivity index (χ2n) is 16.3. The van der Waals surface area contributed by atoms with Crippen LogP contribution in [0.15, 0.2) is 97.2 Å². The third kappa shape index (κ3) is 44.7. The van der Waals surface area contributed by atoms with Crippen molar-refractivity contribution in [3.63, 3.8) is 0 Å². The fourth-order valence-corrected chi connectivity index (χ4v) is 6.27. The van der Waals surface area contributed by atoms with E-state index in [1.165, 1.54) is 25.7 Å². The molecule has 0 heterocycles. The summed E-state index contributed by atoms with van der Waals surface area (Å²) < 4.78 is 34.2. The topological polar surface area (TPSA) is 129 Å². The van der Waals surface area contributed by atoms with E-state index in [-0.39, 0.29) is 32.2 Å². The number of hydrogen-bond donors (Lipinski definition) is 2. The van der Waals surface area contributed by atoms with Crippen molar-refractivity contribution < 1.29 is 47.2 Å². The maximum Gasteiger partial charge on any atom is 0.472 e. The van der Waals surface area contributed by atoms with Crippen molar-refractivity contribution in [2.75, 3.05) is 47.5 Å². The van der Waals surface area contributed by atoms with Gasteiger partial charge >= 0.3 is 19.8 Å². The van der Waals surface area contributed by atoms with Crippen LogP contribution in [0.5, 0.6) is 0 Å². The Hall–Kier alpha value is -3.11. The van der Waals surface area contributed by atoms with Crippen molar-refractivity contribution in [3.8, 4) is 0 Å². The van der Waals surface area contributed by atoms with E-state index in [1.807, 2.05) is 33.3 Å². The Morgan fingerprint density at radius 3 is 1.56 bits per heavy atom. The predicted octanol–water partition coefficient (Wildman–Crippen LogP) is 12.3. The van der Waals surface area contributed by atoms with Crippen LogP contribution in [0, 0.1) is 0 Å². The van der Waals surface area contributed by atoms with E-state index in [0.29, 0.717) is 36.7 Å². The molecular formula is C50H85NO9P+. The molecule has 3 atom stereocenters. The van der Waals surface area contributed by atoms with Crippen LogP contribution in [-0.2, 0) is 32.7 Å². The lowest BCUT2D eigenvalue weighted by molar-refractivity contribution is -0.870. The summed E-state index contributed by atoms with van der Waals surface area (Å²) in [6, 6.07) is 0. The summed E-state index contributed by atoms with van der Waals surface area (Å²) in [6.45, 7) is 4.06. The first-order chi connectivity index (χ1) is 29.4. The van der Waals surface area contributed by atoms with Gasteiger partial charge in [0.2, 0.25) is 0 Å². The summed E-state index contributed by atoms with van der Waals surface area (Å²) in [6.07, 6.45) is 50.9. The zero-order chi connectivity index (χ0) is 45.1. The highest BCUT2D eigenvalue weighted by Crippen LogP contribution is 2.43. The average molecular weight is 875 g/mol. The maximum atomic E-state index is 12.7. The van der Waals surface area contributed by atoms with Gasteiger partial charge < -0.3 is 24.0 Å². The molecule has 11 heteroatoms. The van der Waals surface area contributed by atoms with Crippen LogP contribution in [0.4, 0.5) is 0 Å². The number of aliphatic hydroxyl groups is 1. The highest BCUT2D eigenvalue weighted by molar-refractivity contribution is 7.47. The molecule has 348 valence electrons. The van der Waals surface area contributed by atoms with Crippen LogP contribution < -0.4 is 0 Å². The molecule has 0 aliphatic heterocycles. The molecule has 0 spiro atoms. The Bertz CT molecular complexity index is 1370. The summed E-state index contributed by atoms with van der Waals surface area (Å²) in [7, 11) is 1.39. The first-order valence-electron chi connectivity index (χ1n) is 23.0. The number of esters is 2. The number of likely N-dealkylation sites (N-methyl/N-ethyl adjacent to an activating group) is 1. The normalized spacial score (nSPS) is 14.9. The minimum Gasteiger partial charge on any atom is -0.462 e. The number of allylic oxidation sites excluding steroid dienone is 15. The van der Waals surface area contributed by atoms with Crippen molar-refractivity contribution in [2.24, 2.45) is 0 Å². The van der Waals surface area contributed by atoms with Gasteiger partial charge in [-0.3, -0.25) is 18.6 Å². The number of ether oxygens (including phenoxy) is 2. The number of nitrogens with zero attached hydrogens (tertiary/aromatic N) is 1. The fourth-order valence-electron chi connectivity index (χ4n) is 5.53. The number of phosphoric ester groups is 1. The molecule has 0 fully saturated rings. The van der Waals surface area contributed by atoms with Crippen LogP contribution in [0.25, 0.3) is 0 Å². The number of aliphatic hydroxyl groups excluding tert-OH is 1. The van der Waals surface area contributed by atoms with Gasteiger partial charge in [0.15, 0.2) is 6.10 Å². The molecule has 0 aromatic rings. The third-order valence-corrected chi connectivity index (χ3v) is 10.1. The first kappa shape index (κ1) is 57.9. The first-order valence-corrected chi connectivity index (χ1v) is 24.5. The van der Waals surface area contributed by atoms with Crippen molar-refractivity contribution in [1.82, 2.24) is 0 Å². The van der Waals surface area contributed by atoms with Gasteiger partial charge in [-0.15, -0.1) is 0 Å². The zero-order valence-corrected chi connectivity index (χ0v) is 39.6. The number of hydrogen-bond acceptors (Lipinski definition) is 8. The Morgan fingerprint density at radius 1 is 0.574 bits per heavy atom. The second-order valence-corrected chi connectivity index (χ2v) is 17.7. The zero-order valence-electron chi connectivity index (χ0n) is 38.7. The predicted molar refractivity (Wildman–Crippen MR) is 253 cm³/mol. The lowest BCUT2D eigenvalue weighted by atomic mass is 10.1. The van der Waals surface area contributed by atoms with Crippen molar-refractivity contribution in [3.05, 3.63) is 97.2 Å². The summed E-state index contributed by atoms with van der Waals surface area (Å²) in [5.41, 5.74) is 0. The van der Waals surface area contributed by atoms with E-state index in [9.17, 15) is 24.2 Å². The van der Waals surface area contributed by atoms with E-state index in [2.05, 4.69) is 98.9 Å². The van der Waals surface area contributed by atoms with Crippen molar-refractivity contribution in [1.29, 1.82) is 0 Å². The molecule has 0 rings (SSSR count). The van der Waals surface area contributed by atoms with Gasteiger partial charge in [0, 0.05) is 12.8 Å². The minimum atomic E-state index is -4.41. The molecule has 2 N–H and O–H groups in total. The number of unbranched alkanes of at least 4 members (excludes halogenated alkanes) is 7. The molecule has 0 bridgehead atoms. The lowest BCUT2D eigenvalue weighted by Crippen LogP contribution is -2.37. The van der Waals surface area contributed by atoms with Crippen molar-refractivity contribution in [2.45, 2.75) is 161 Å². The minimum absolute atomic E-state index is 0.00474. The fraction of sp³-hybridized carbons (Fsp3) is 0.640. The molecule has 2 unspecified atom stereocenters. The van der Waals surface area contributed by atoms with Gasteiger partial charge in [0.1, 0.15) is 19.8 Å². The molecular weight excluding hydrogens is 790 g/mol. The summed E-state index contributed by atoms with van der Waals surface area (Å²) in [5.74, 6) is -0.931. The smallest absolute Gasteiger partial charge is 0.462 e. The molecule has 10 nitrogen and oxygen atoms in total. The van der Waals surface area contributed by atoms with Crippen LogP contribution in [0.3, 0.4) is 0 Å². The van der Waals surface area contributed by atoms with E-state index in [1.54, 1.807) is 0 Å². The van der Waals surface area contributed by atoms with Crippen LogP contribution in [0.2, 0.25) is 0 Å². The van der Waals surface area contributed by atoms with Gasteiger partial charge in [-0.2, -0.15) is 0 Å². The summed E-state index contributed by atoms with van der Waals surface area (Å²) >= 11 is 0. The van der Waals surface area contributed by atoms with E-state index in [4.69, 9.17) is 18.5 Å².